The van der Waals surface area contributed by atoms with Gasteiger partial charge in [0.2, 0.25) is 5.91 Å². The van der Waals surface area contributed by atoms with Crippen LogP contribution in [0.4, 0.5) is 0 Å². The fourth-order valence-corrected chi connectivity index (χ4v) is 4.35. The molecule has 2 heterocycles. The Labute approximate surface area is 183 Å². The van der Waals surface area contributed by atoms with Gasteiger partial charge in [-0.05, 0) is 48.2 Å². The number of hydrogen-bond donors (Lipinski definition) is 0. The van der Waals surface area contributed by atoms with E-state index >= 15 is 0 Å². The van der Waals surface area contributed by atoms with E-state index in [-0.39, 0.29) is 11.8 Å². The molecule has 0 spiro atoms. The summed E-state index contributed by atoms with van der Waals surface area (Å²) in [6, 6.07) is 17.6. The lowest BCUT2D eigenvalue weighted by Crippen LogP contribution is -2.35. The van der Waals surface area contributed by atoms with Crippen molar-refractivity contribution in [2.75, 3.05) is 32.7 Å². The first-order chi connectivity index (χ1) is 15.1. The maximum Gasteiger partial charge on any atom is 0.253 e. The molecule has 0 radical (unpaired) electrons. The van der Waals surface area contributed by atoms with Crippen LogP contribution in [0.5, 0.6) is 0 Å². The molecule has 0 bridgehead atoms. The Bertz CT molecular complexity index is 980. The quantitative estimate of drug-likeness (QED) is 0.751. The lowest BCUT2D eigenvalue weighted by Gasteiger charge is -2.22. The van der Waals surface area contributed by atoms with E-state index in [1.807, 2.05) is 58.3 Å². The smallest absolute Gasteiger partial charge is 0.253 e. The van der Waals surface area contributed by atoms with Gasteiger partial charge in [0, 0.05) is 57.8 Å². The minimum Gasteiger partial charge on any atom is -0.338 e. The van der Waals surface area contributed by atoms with Gasteiger partial charge in [0.15, 0.2) is 0 Å². The molecule has 6 heteroatoms. The molecule has 0 N–H and O–H groups in total. The van der Waals surface area contributed by atoms with Gasteiger partial charge < -0.3 is 9.80 Å². The van der Waals surface area contributed by atoms with E-state index in [1.165, 1.54) is 5.56 Å². The lowest BCUT2D eigenvalue weighted by atomic mass is 10.1. The number of likely N-dealkylation sites (tertiary alicyclic amines) is 1. The first kappa shape index (κ1) is 21.1. The largest absolute Gasteiger partial charge is 0.338 e. The van der Waals surface area contributed by atoms with Gasteiger partial charge in [-0.1, -0.05) is 24.3 Å². The molecule has 160 valence electrons. The van der Waals surface area contributed by atoms with Gasteiger partial charge in [-0.25, -0.2) is 0 Å². The number of hydrogen-bond acceptors (Lipinski definition) is 4. The molecule has 2 aromatic carbocycles. The van der Waals surface area contributed by atoms with E-state index in [4.69, 9.17) is 5.26 Å². The number of benzene rings is 2. The molecule has 4 rings (SSSR count). The van der Waals surface area contributed by atoms with Crippen molar-refractivity contribution in [3.05, 3.63) is 70.8 Å². The molecule has 0 atom stereocenters. The average molecular weight is 417 g/mol. The Morgan fingerprint density at radius 3 is 2.48 bits per heavy atom. The second-order valence-electron chi connectivity index (χ2n) is 8.35. The van der Waals surface area contributed by atoms with Crippen LogP contribution in [0.15, 0.2) is 48.5 Å². The van der Waals surface area contributed by atoms with Crippen LogP contribution in [0, 0.1) is 11.3 Å². The van der Waals surface area contributed by atoms with E-state index < -0.39 is 0 Å². The Hall–Kier alpha value is -3.17. The van der Waals surface area contributed by atoms with Crippen molar-refractivity contribution in [2.24, 2.45) is 0 Å². The van der Waals surface area contributed by atoms with Crippen molar-refractivity contribution in [2.45, 2.75) is 32.4 Å². The van der Waals surface area contributed by atoms with Crippen molar-refractivity contribution in [1.29, 1.82) is 5.26 Å². The van der Waals surface area contributed by atoms with Crippen molar-refractivity contribution >= 4 is 11.8 Å². The Kier molecular flexibility index (Phi) is 6.63. The lowest BCUT2D eigenvalue weighted by molar-refractivity contribution is -0.128. The molecule has 0 unspecified atom stereocenters. The van der Waals surface area contributed by atoms with Gasteiger partial charge >= 0.3 is 0 Å². The standard InChI is InChI=1S/C25H28N4O2/c26-17-20-7-9-21(10-8-20)18-27-11-3-13-28(15-14-27)25(31)23-5-1-4-22(16-23)19-29-12-2-6-24(29)30/h1,4-5,7-10,16H,2-3,6,11-15,18-19H2. The highest BCUT2D eigenvalue weighted by Crippen LogP contribution is 2.17. The maximum absolute atomic E-state index is 13.1. The van der Waals surface area contributed by atoms with E-state index in [0.29, 0.717) is 30.6 Å². The number of carbonyl (C=O) groups is 2. The molecule has 0 saturated carbocycles. The third-order valence-corrected chi connectivity index (χ3v) is 6.08. The van der Waals surface area contributed by atoms with Gasteiger partial charge in [-0.2, -0.15) is 5.26 Å². The molecular formula is C25H28N4O2. The third-order valence-electron chi connectivity index (χ3n) is 6.08. The molecule has 2 aliphatic rings. The van der Waals surface area contributed by atoms with Gasteiger partial charge in [-0.3, -0.25) is 14.5 Å². The van der Waals surface area contributed by atoms with Crippen LogP contribution < -0.4 is 0 Å². The van der Waals surface area contributed by atoms with E-state index in [2.05, 4.69) is 11.0 Å². The molecule has 2 aromatic rings. The number of rotatable bonds is 5. The second-order valence-corrected chi connectivity index (χ2v) is 8.35. The van der Waals surface area contributed by atoms with Crippen molar-refractivity contribution in [1.82, 2.24) is 14.7 Å². The summed E-state index contributed by atoms with van der Waals surface area (Å²) in [5.41, 5.74) is 3.57. The van der Waals surface area contributed by atoms with E-state index in [1.54, 1.807) is 0 Å². The van der Waals surface area contributed by atoms with Gasteiger partial charge in [0.1, 0.15) is 0 Å². The first-order valence-corrected chi connectivity index (χ1v) is 11.0. The van der Waals surface area contributed by atoms with Gasteiger partial charge in [0.05, 0.1) is 11.6 Å². The summed E-state index contributed by atoms with van der Waals surface area (Å²) in [5, 5.41) is 8.95. The van der Waals surface area contributed by atoms with Gasteiger partial charge in [-0.15, -0.1) is 0 Å². The molecule has 2 aliphatic heterocycles. The summed E-state index contributed by atoms with van der Waals surface area (Å²) in [7, 11) is 0. The molecule has 6 nitrogen and oxygen atoms in total. The van der Waals surface area contributed by atoms with Gasteiger partial charge in [0.25, 0.3) is 5.91 Å². The van der Waals surface area contributed by atoms with Crippen LogP contribution >= 0.6 is 0 Å². The summed E-state index contributed by atoms with van der Waals surface area (Å²) in [6.07, 6.45) is 2.49. The van der Waals surface area contributed by atoms with Crippen LogP contribution in [0.2, 0.25) is 0 Å². The Morgan fingerprint density at radius 1 is 0.903 bits per heavy atom. The number of nitriles is 1. The highest BCUT2D eigenvalue weighted by Gasteiger charge is 2.22. The SMILES string of the molecule is N#Cc1ccc(CN2CCCN(C(=O)c3cccc(CN4CCCC4=O)c3)CC2)cc1. The second kappa shape index (κ2) is 9.76. The fraction of sp³-hybridized carbons (Fsp3) is 0.400. The van der Waals surface area contributed by atoms with Crippen LogP contribution in [-0.4, -0.2) is 59.2 Å². The van der Waals surface area contributed by atoms with Crippen LogP contribution in [-0.2, 0) is 17.9 Å². The van der Waals surface area contributed by atoms with Crippen LogP contribution in [0.25, 0.3) is 0 Å². The zero-order chi connectivity index (χ0) is 21.6. The monoisotopic (exact) mass is 416 g/mol. The summed E-state index contributed by atoms with van der Waals surface area (Å²) in [4.78, 5) is 31.2. The Morgan fingerprint density at radius 2 is 1.74 bits per heavy atom. The van der Waals surface area contributed by atoms with E-state index in [0.717, 1.165) is 51.1 Å². The summed E-state index contributed by atoms with van der Waals surface area (Å²) >= 11 is 0. The number of amides is 2. The number of nitrogens with zero attached hydrogens (tertiary/aromatic N) is 4. The molecule has 2 saturated heterocycles. The predicted octanol–water partition coefficient (Wildman–Crippen LogP) is 3.03. The van der Waals surface area contributed by atoms with Crippen LogP contribution in [0.1, 0.15) is 46.3 Å². The minimum atomic E-state index is 0.0646. The van der Waals surface area contributed by atoms with Crippen molar-refractivity contribution in [3.63, 3.8) is 0 Å². The predicted molar refractivity (Wildman–Crippen MR) is 118 cm³/mol. The zero-order valence-electron chi connectivity index (χ0n) is 17.8. The third kappa shape index (κ3) is 5.31. The topological polar surface area (TPSA) is 67.7 Å². The highest BCUT2D eigenvalue weighted by molar-refractivity contribution is 5.94. The van der Waals surface area contributed by atoms with E-state index in [9.17, 15) is 9.59 Å². The molecule has 31 heavy (non-hydrogen) atoms. The van der Waals surface area contributed by atoms with Crippen molar-refractivity contribution in [3.8, 4) is 6.07 Å². The van der Waals surface area contributed by atoms with Crippen molar-refractivity contribution < 1.29 is 9.59 Å². The molecule has 2 amide bonds. The molecule has 2 fully saturated rings. The molecule has 0 aliphatic carbocycles. The highest BCUT2D eigenvalue weighted by atomic mass is 16.2. The normalized spacial score (nSPS) is 17.5. The number of carbonyl (C=O) groups excluding carboxylic acids is 2. The molecular weight excluding hydrogens is 388 g/mol. The fourth-order valence-electron chi connectivity index (χ4n) is 4.35. The maximum atomic E-state index is 13.1. The van der Waals surface area contributed by atoms with Crippen LogP contribution in [0.3, 0.4) is 0 Å². The zero-order valence-corrected chi connectivity index (χ0v) is 17.8. The summed E-state index contributed by atoms with van der Waals surface area (Å²) in [5.74, 6) is 0.265. The Balaban J connectivity index is 1.35. The minimum absolute atomic E-state index is 0.0646. The first-order valence-electron chi connectivity index (χ1n) is 11.0. The molecule has 0 aromatic heterocycles. The summed E-state index contributed by atoms with van der Waals surface area (Å²) < 4.78 is 0. The summed E-state index contributed by atoms with van der Waals surface area (Å²) in [6.45, 7) is 5.43. The average Bonchev–Trinajstić information content (AvgIpc) is 3.05.